The zero-order valence-corrected chi connectivity index (χ0v) is 22.4. The van der Waals surface area contributed by atoms with Gasteiger partial charge < -0.3 is 28.8 Å². The largest absolute Gasteiger partial charge is 0.469 e. The van der Waals surface area contributed by atoms with Gasteiger partial charge in [-0.2, -0.15) is 0 Å². The molecule has 0 radical (unpaired) electrons. The highest BCUT2D eigenvalue weighted by Crippen LogP contribution is 2.80. The molecule has 4 heterocycles. The molecule has 36 heavy (non-hydrogen) atoms. The number of rotatable bonds is 3. The van der Waals surface area contributed by atoms with Crippen molar-refractivity contribution in [2.24, 2.45) is 34.0 Å². The monoisotopic (exact) mass is 520 g/mol. The molecule has 3 saturated carbocycles. The number of hydrogen-bond donors (Lipinski definition) is 1. The van der Waals surface area contributed by atoms with Gasteiger partial charge in [0.25, 0.3) is 0 Å². The van der Waals surface area contributed by atoms with E-state index in [-0.39, 0.29) is 29.0 Å². The summed E-state index contributed by atoms with van der Waals surface area (Å²) in [5.74, 6) is -1.77. The average molecular weight is 521 g/mol. The molecule has 8 heteroatoms. The summed E-state index contributed by atoms with van der Waals surface area (Å²) >= 11 is 5.91. The molecule has 0 amide bonds. The summed E-state index contributed by atoms with van der Waals surface area (Å²) in [5, 5.41) is 12.4. The van der Waals surface area contributed by atoms with E-state index in [0.29, 0.717) is 24.7 Å². The maximum Gasteiger partial charge on any atom is 0.213 e. The lowest BCUT2D eigenvalue weighted by Crippen LogP contribution is -2.87. The van der Waals surface area contributed by atoms with E-state index in [1.54, 1.807) is 0 Å². The van der Waals surface area contributed by atoms with Crippen LogP contribution in [-0.2, 0) is 28.5 Å². The van der Waals surface area contributed by atoms with Crippen molar-refractivity contribution in [3.05, 3.63) is 23.5 Å². The molecule has 8 aliphatic rings. The highest BCUT2D eigenvalue weighted by Gasteiger charge is 2.90. The van der Waals surface area contributed by atoms with Gasteiger partial charge in [-0.25, -0.2) is 0 Å². The fourth-order valence-corrected chi connectivity index (χ4v) is 10.0. The third-order valence-corrected chi connectivity index (χ3v) is 10.8. The van der Waals surface area contributed by atoms with Crippen molar-refractivity contribution in [2.75, 3.05) is 19.1 Å². The first kappa shape index (κ1) is 24.1. The Hall–Kier alpha value is -0.960. The van der Waals surface area contributed by atoms with Crippen LogP contribution < -0.4 is 0 Å². The molecule has 4 bridgehead atoms. The number of alkyl halides is 1. The van der Waals surface area contributed by atoms with Crippen molar-refractivity contribution in [2.45, 2.75) is 89.9 Å². The average Bonchev–Trinajstić information content (AvgIpc) is 2.93. The predicted octanol–water partition coefficient (Wildman–Crippen LogP) is 4.07. The zero-order chi connectivity index (χ0) is 25.5. The third-order valence-electron chi connectivity index (χ3n) is 10.6. The number of aliphatic hydroxyl groups excluding tert-OH is 1. The summed E-state index contributed by atoms with van der Waals surface area (Å²) in [4.78, 5) is 14.3. The minimum atomic E-state index is -1.48. The minimum absolute atomic E-state index is 0.0663. The van der Waals surface area contributed by atoms with Crippen LogP contribution in [0.15, 0.2) is 23.5 Å². The van der Waals surface area contributed by atoms with E-state index in [0.717, 1.165) is 37.9 Å². The Balaban J connectivity index is 1.47. The van der Waals surface area contributed by atoms with Crippen molar-refractivity contribution in [3.63, 3.8) is 0 Å². The fraction of sp³-hybridized carbons (Fsp3) is 0.821. The van der Waals surface area contributed by atoms with Crippen LogP contribution in [0, 0.1) is 34.0 Å². The van der Waals surface area contributed by atoms with E-state index in [1.807, 2.05) is 13.8 Å². The van der Waals surface area contributed by atoms with Crippen molar-refractivity contribution in [1.29, 1.82) is 0 Å². The molecule has 0 aromatic rings. The van der Waals surface area contributed by atoms with Gasteiger partial charge in [0, 0.05) is 24.1 Å². The second kappa shape index (κ2) is 7.16. The fourth-order valence-electron chi connectivity index (χ4n) is 9.94. The van der Waals surface area contributed by atoms with Gasteiger partial charge in [-0.1, -0.05) is 20.4 Å². The van der Waals surface area contributed by atoms with Crippen molar-refractivity contribution in [3.8, 4) is 0 Å². The maximum atomic E-state index is 14.3. The second-order valence-corrected chi connectivity index (χ2v) is 13.5. The lowest BCUT2D eigenvalue weighted by Gasteiger charge is -2.77. The SMILES string of the molecule is C=C1C(=O)[C@@]23C4OC(C)(C)O[C@]25OCC2(C6=C(CC[C@@H](OCCCl)O6)CC(C)(C)[C@H]2[C@@H]5O)C3CC[C@@H]14. The molecule has 7 nitrogen and oxygen atoms in total. The Morgan fingerprint density at radius 3 is 2.72 bits per heavy atom. The Labute approximate surface area is 217 Å². The van der Waals surface area contributed by atoms with Crippen LogP contribution in [0.4, 0.5) is 0 Å². The second-order valence-electron chi connectivity index (χ2n) is 13.2. The lowest BCUT2D eigenvalue weighted by molar-refractivity contribution is -0.527. The van der Waals surface area contributed by atoms with Crippen LogP contribution in [0.25, 0.3) is 0 Å². The smallest absolute Gasteiger partial charge is 0.213 e. The minimum Gasteiger partial charge on any atom is -0.469 e. The van der Waals surface area contributed by atoms with Gasteiger partial charge in [-0.05, 0) is 62.0 Å². The number of hydrogen-bond acceptors (Lipinski definition) is 7. The molecule has 6 fully saturated rings. The molecule has 3 spiro atoms. The molecule has 3 unspecified atom stereocenters. The molecule has 0 aromatic heterocycles. The van der Waals surface area contributed by atoms with Crippen LogP contribution in [0.2, 0.25) is 0 Å². The van der Waals surface area contributed by atoms with Gasteiger partial charge in [0.1, 0.15) is 17.3 Å². The van der Waals surface area contributed by atoms with E-state index in [4.69, 9.17) is 35.3 Å². The quantitative estimate of drug-likeness (QED) is 0.443. The van der Waals surface area contributed by atoms with Crippen molar-refractivity contribution >= 4 is 17.4 Å². The maximum absolute atomic E-state index is 14.3. The Kier molecular flexibility index (Phi) is 4.79. The molecular weight excluding hydrogens is 484 g/mol. The van der Waals surface area contributed by atoms with E-state index in [1.165, 1.54) is 5.57 Å². The van der Waals surface area contributed by atoms with Crippen LogP contribution >= 0.6 is 11.6 Å². The van der Waals surface area contributed by atoms with E-state index in [2.05, 4.69) is 20.4 Å². The number of ketones is 1. The lowest BCUT2D eigenvalue weighted by atomic mass is 9.36. The molecule has 1 N–H and O–H groups in total. The van der Waals surface area contributed by atoms with Gasteiger partial charge in [0.2, 0.25) is 5.79 Å². The Morgan fingerprint density at radius 1 is 1.19 bits per heavy atom. The third kappa shape index (κ3) is 2.48. The first-order chi connectivity index (χ1) is 17.0. The first-order valence-corrected chi connectivity index (χ1v) is 14.0. The Bertz CT molecular complexity index is 1080. The molecule has 4 aliphatic heterocycles. The summed E-state index contributed by atoms with van der Waals surface area (Å²) in [6.45, 7) is 13.1. The van der Waals surface area contributed by atoms with Crippen LogP contribution in [0.1, 0.15) is 59.8 Å². The van der Waals surface area contributed by atoms with Crippen LogP contribution in [-0.4, -0.2) is 60.1 Å². The first-order valence-electron chi connectivity index (χ1n) is 13.5. The van der Waals surface area contributed by atoms with Crippen LogP contribution in [0.3, 0.4) is 0 Å². The number of carbonyl (C=O) groups is 1. The normalized spacial score (nSPS) is 51.4. The van der Waals surface area contributed by atoms with Gasteiger partial charge in [-0.3, -0.25) is 4.79 Å². The zero-order valence-electron chi connectivity index (χ0n) is 21.6. The van der Waals surface area contributed by atoms with Crippen molar-refractivity contribution in [1.82, 2.24) is 0 Å². The summed E-state index contributed by atoms with van der Waals surface area (Å²) in [6, 6.07) is 0. The summed E-state index contributed by atoms with van der Waals surface area (Å²) in [5.41, 5.74) is -0.254. The summed E-state index contributed by atoms with van der Waals surface area (Å²) in [7, 11) is 0. The molecular formula is C28H37ClO7. The molecule has 8 rings (SSSR count). The summed E-state index contributed by atoms with van der Waals surface area (Å²) < 4.78 is 32.6. The Morgan fingerprint density at radius 2 is 1.97 bits per heavy atom. The molecule has 4 aliphatic carbocycles. The highest BCUT2D eigenvalue weighted by molar-refractivity contribution is 6.17. The highest BCUT2D eigenvalue weighted by atomic mass is 35.5. The molecule has 198 valence electrons. The van der Waals surface area contributed by atoms with E-state index >= 15 is 0 Å². The van der Waals surface area contributed by atoms with Crippen molar-refractivity contribution < 1.29 is 33.6 Å². The standard InChI is InChI=1S/C28H37ClO7/c1-14-16-7-8-17-26-13-33-28(27(17,20(14)30)23(16)35-25(4,5)36-28)21(31)19(26)24(2,3)12-15-6-9-18(32-11-10-29)34-22(15)26/h16-19,21,23,31H,1,6-13H2,2-5H3/t16-,17?,18-,19+,21-,23?,26?,27-,28-/m0/s1. The number of halogens is 1. The number of carbonyl (C=O) groups excluding carboxylic acids is 1. The van der Waals surface area contributed by atoms with Gasteiger partial charge >= 0.3 is 0 Å². The summed E-state index contributed by atoms with van der Waals surface area (Å²) in [6.07, 6.45) is 2.17. The number of allylic oxidation sites excluding steroid dienone is 1. The number of aliphatic hydroxyl groups is 1. The number of ether oxygens (including phenoxy) is 5. The number of fused-ring (bicyclic) bond motifs is 1. The van der Waals surface area contributed by atoms with Gasteiger partial charge in [-0.15, -0.1) is 11.6 Å². The van der Waals surface area contributed by atoms with Gasteiger partial charge in [0.05, 0.1) is 24.7 Å². The van der Waals surface area contributed by atoms with Crippen LogP contribution in [0.5, 0.6) is 0 Å². The molecule has 0 aromatic carbocycles. The topological polar surface area (TPSA) is 83.5 Å². The number of Topliss-reactive ketones (excluding diaryl/α,β-unsaturated/α-hetero) is 1. The van der Waals surface area contributed by atoms with Gasteiger partial charge in [0.15, 0.2) is 17.9 Å². The molecule has 9 atom stereocenters. The predicted molar refractivity (Wildman–Crippen MR) is 130 cm³/mol. The van der Waals surface area contributed by atoms with E-state index < -0.39 is 40.9 Å². The molecule has 3 saturated heterocycles. The van der Waals surface area contributed by atoms with E-state index in [9.17, 15) is 9.90 Å².